The minimum atomic E-state index is -0.144. The molecule has 0 N–H and O–H groups in total. The van der Waals surface area contributed by atoms with E-state index >= 15 is 0 Å². The van der Waals surface area contributed by atoms with Gasteiger partial charge in [0.15, 0.2) is 0 Å². The molecule has 1 amide bonds. The van der Waals surface area contributed by atoms with Crippen LogP contribution < -0.4 is 0 Å². The average Bonchev–Trinajstić information content (AvgIpc) is 3.08. The molecular weight excluding hydrogens is 242 g/mol. The lowest BCUT2D eigenvalue weighted by Crippen LogP contribution is -2.31. The molecule has 0 spiro atoms. The highest BCUT2D eigenvalue weighted by Crippen LogP contribution is 2.55. The van der Waals surface area contributed by atoms with Crippen molar-refractivity contribution in [2.45, 2.75) is 32.1 Å². The van der Waals surface area contributed by atoms with Crippen molar-refractivity contribution in [3.8, 4) is 0 Å². The van der Waals surface area contributed by atoms with Crippen LogP contribution in [0.15, 0.2) is 0 Å². The van der Waals surface area contributed by atoms with Gasteiger partial charge in [0.2, 0.25) is 5.91 Å². The van der Waals surface area contributed by atoms with Gasteiger partial charge in [-0.1, -0.05) is 0 Å². The molecule has 2 heterocycles. The third-order valence-corrected chi connectivity index (χ3v) is 5.89. The Hall–Kier alpha value is -1.06. The maximum atomic E-state index is 12.3. The van der Waals surface area contributed by atoms with Crippen LogP contribution >= 0.6 is 0 Å². The summed E-state index contributed by atoms with van der Waals surface area (Å²) in [6.07, 6.45) is 5.12. The predicted octanol–water partition coefficient (Wildman–Crippen LogP) is 1.44. The summed E-state index contributed by atoms with van der Waals surface area (Å²) in [5.74, 6) is 3.57. The van der Waals surface area contributed by atoms with E-state index in [0.29, 0.717) is 19.4 Å². The molecule has 2 bridgehead atoms. The van der Waals surface area contributed by atoms with Crippen LogP contribution in [0.1, 0.15) is 32.1 Å². The van der Waals surface area contributed by atoms with Crippen molar-refractivity contribution in [3.05, 3.63) is 0 Å². The van der Waals surface area contributed by atoms with Gasteiger partial charge >= 0.3 is 5.97 Å². The summed E-state index contributed by atoms with van der Waals surface area (Å²) in [5, 5.41) is 0. The van der Waals surface area contributed by atoms with Crippen molar-refractivity contribution >= 4 is 11.9 Å². The topological polar surface area (TPSA) is 46.6 Å². The summed E-state index contributed by atoms with van der Waals surface area (Å²) < 4.78 is 4.94. The maximum absolute atomic E-state index is 12.3. The molecule has 5 atom stereocenters. The van der Waals surface area contributed by atoms with Crippen LogP contribution in [0, 0.1) is 29.6 Å². The molecule has 104 valence electrons. The van der Waals surface area contributed by atoms with E-state index < -0.39 is 0 Å². The first-order valence-corrected chi connectivity index (χ1v) is 7.64. The van der Waals surface area contributed by atoms with Crippen LogP contribution in [0.25, 0.3) is 0 Å². The average molecular weight is 263 g/mol. The highest BCUT2D eigenvalue weighted by molar-refractivity contribution is 5.79. The second-order valence-electron chi connectivity index (χ2n) is 6.92. The Morgan fingerprint density at radius 3 is 2.47 bits per heavy atom. The van der Waals surface area contributed by atoms with Crippen LogP contribution in [-0.2, 0) is 14.3 Å². The van der Waals surface area contributed by atoms with E-state index in [1.54, 1.807) is 0 Å². The zero-order valence-electron chi connectivity index (χ0n) is 11.2. The lowest BCUT2D eigenvalue weighted by atomic mass is 9.82. The second kappa shape index (κ2) is 4.22. The molecule has 0 aromatic carbocycles. The van der Waals surface area contributed by atoms with E-state index in [1.807, 2.05) is 0 Å². The first-order chi connectivity index (χ1) is 9.20. The standard InChI is InChI=1S/C15H21NO3/c17-14(3-9-4-15(18)19-8-9)16-6-12-10-1-2-11(5-10)13(12)7-16/h9-13H,1-8H2. The van der Waals surface area contributed by atoms with E-state index in [-0.39, 0.29) is 17.8 Å². The molecule has 4 fully saturated rings. The van der Waals surface area contributed by atoms with Crippen molar-refractivity contribution in [3.63, 3.8) is 0 Å². The summed E-state index contributed by atoms with van der Waals surface area (Å²) in [7, 11) is 0. The summed E-state index contributed by atoms with van der Waals surface area (Å²) in [6, 6.07) is 0. The Labute approximate surface area is 113 Å². The number of nitrogens with zero attached hydrogens (tertiary/aromatic N) is 1. The number of cyclic esters (lactones) is 1. The van der Waals surface area contributed by atoms with E-state index in [2.05, 4.69) is 4.90 Å². The van der Waals surface area contributed by atoms with Crippen LogP contribution in [0.5, 0.6) is 0 Å². The maximum Gasteiger partial charge on any atom is 0.306 e. The van der Waals surface area contributed by atoms with Crippen molar-refractivity contribution in [1.82, 2.24) is 4.90 Å². The normalized spacial score (nSPS) is 43.7. The number of amides is 1. The molecule has 19 heavy (non-hydrogen) atoms. The molecule has 0 aromatic heterocycles. The quantitative estimate of drug-likeness (QED) is 0.708. The minimum absolute atomic E-state index is 0.122. The zero-order valence-corrected chi connectivity index (χ0v) is 11.2. The van der Waals surface area contributed by atoms with Gasteiger partial charge in [-0.3, -0.25) is 9.59 Å². The Morgan fingerprint density at radius 1 is 1.21 bits per heavy atom. The molecule has 2 aliphatic heterocycles. The van der Waals surface area contributed by atoms with Crippen molar-refractivity contribution in [2.24, 2.45) is 29.6 Å². The SMILES string of the molecule is O=C1CC(CC(=O)N2CC3C4CCC(C4)C3C2)CO1. The largest absolute Gasteiger partial charge is 0.465 e. The Morgan fingerprint density at radius 2 is 1.89 bits per heavy atom. The molecule has 4 aliphatic rings. The fraction of sp³-hybridized carbons (Fsp3) is 0.867. The lowest BCUT2D eigenvalue weighted by molar-refractivity contribution is -0.138. The first kappa shape index (κ1) is 11.7. The summed E-state index contributed by atoms with van der Waals surface area (Å²) in [4.78, 5) is 25.5. The van der Waals surface area contributed by atoms with E-state index in [9.17, 15) is 9.59 Å². The third kappa shape index (κ3) is 1.87. The number of fused-ring (bicyclic) bond motifs is 5. The number of carbonyl (C=O) groups is 2. The molecule has 0 radical (unpaired) electrons. The summed E-state index contributed by atoms with van der Waals surface area (Å²) >= 11 is 0. The molecular formula is C15H21NO3. The molecule has 4 rings (SSSR count). The first-order valence-electron chi connectivity index (χ1n) is 7.64. The molecule has 0 aromatic rings. The van der Waals surface area contributed by atoms with Crippen LogP contribution in [-0.4, -0.2) is 36.5 Å². The summed E-state index contributed by atoms with van der Waals surface area (Å²) in [6.45, 7) is 2.40. The van der Waals surface area contributed by atoms with E-state index in [1.165, 1.54) is 19.3 Å². The molecule has 5 unspecified atom stereocenters. The van der Waals surface area contributed by atoms with Gasteiger partial charge < -0.3 is 9.64 Å². The fourth-order valence-electron chi connectivity index (χ4n) is 4.96. The van der Waals surface area contributed by atoms with Gasteiger partial charge in [-0.05, 0) is 42.9 Å². The van der Waals surface area contributed by atoms with Gasteiger partial charge in [0.25, 0.3) is 0 Å². The molecule has 2 aliphatic carbocycles. The molecule has 4 heteroatoms. The lowest BCUT2D eigenvalue weighted by Gasteiger charge is -2.22. The van der Waals surface area contributed by atoms with Gasteiger partial charge in [0, 0.05) is 25.4 Å². The minimum Gasteiger partial charge on any atom is -0.465 e. The predicted molar refractivity (Wildman–Crippen MR) is 68.1 cm³/mol. The molecule has 2 saturated heterocycles. The van der Waals surface area contributed by atoms with Crippen LogP contribution in [0.2, 0.25) is 0 Å². The Balaban J connectivity index is 1.36. The van der Waals surface area contributed by atoms with E-state index in [0.717, 1.165) is 36.8 Å². The summed E-state index contributed by atoms with van der Waals surface area (Å²) in [5.41, 5.74) is 0. The van der Waals surface area contributed by atoms with Crippen molar-refractivity contribution < 1.29 is 14.3 Å². The Kier molecular flexibility index (Phi) is 2.61. The number of ether oxygens (including phenoxy) is 1. The number of hydrogen-bond donors (Lipinski definition) is 0. The van der Waals surface area contributed by atoms with Gasteiger partial charge in [-0.2, -0.15) is 0 Å². The number of esters is 1. The van der Waals surface area contributed by atoms with Crippen LogP contribution in [0.4, 0.5) is 0 Å². The van der Waals surface area contributed by atoms with Gasteiger partial charge in [0.1, 0.15) is 0 Å². The number of rotatable bonds is 2. The third-order valence-electron chi connectivity index (χ3n) is 5.89. The highest BCUT2D eigenvalue weighted by atomic mass is 16.5. The molecule has 2 saturated carbocycles. The van der Waals surface area contributed by atoms with Gasteiger partial charge in [0.05, 0.1) is 13.0 Å². The number of hydrogen-bond acceptors (Lipinski definition) is 3. The zero-order chi connectivity index (χ0) is 13.0. The Bertz CT molecular complexity index is 404. The van der Waals surface area contributed by atoms with Crippen molar-refractivity contribution in [1.29, 1.82) is 0 Å². The second-order valence-corrected chi connectivity index (χ2v) is 6.92. The van der Waals surface area contributed by atoms with Gasteiger partial charge in [-0.15, -0.1) is 0 Å². The monoisotopic (exact) mass is 263 g/mol. The van der Waals surface area contributed by atoms with E-state index in [4.69, 9.17) is 4.74 Å². The smallest absolute Gasteiger partial charge is 0.306 e. The van der Waals surface area contributed by atoms with Crippen molar-refractivity contribution in [2.75, 3.05) is 19.7 Å². The number of likely N-dealkylation sites (tertiary alicyclic amines) is 1. The van der Waals surface area contributed by atoms with Gasteiger partial charge in [-0.25, -0.2) is 0 Å². The highest BCUT2D eigenvalue weighted by Gasteiger charge is 2.52. The fourth-order valence-corrected chi connectivity index (χ4v) is 4.96. The molecule has 4 nitrogen and oxygen atoms in total. The van der Waals surface area contributed by atoms with Crippen LogP contribution in [0.3, 0.4) is 0 Å². The number of carbonyl (C=O) groups excluding carboxylic acids is 2.